The summed E-state index contributed by atoms with van der Waals surface area (Å²) in [6.07, 6.45) is 1.83. The minimum Gasteiger partial charge on any atom is -0.370 e. The first-order valence-corrected chi connectivity index (χ1v) is 7.73. The fourth-order valence-electron chi connectivity index (χ4n) is 3.02. The van der Waals surface area contributed by atoms with Crippen LogP contribution >= 0.6 is 0 Å². The SMILES string of the molecule is CCNc1nc(CN2CC(C)C(C)C2)nc2c1cnn2C. The number of hydrogen-bond acceptors (Lipinski definition) is 5. The number of nitrogens with one attached hydrogen (secondary N) is 1. The zero-order valence-corrected chi connectivity index (χ0v) is 13.3. The Morgan fingerprint density at radius 3 is 2.62 bits per heavy atom. The van der Waals surface area contributed by atoms with Gasteiger partial charge < -0.3 is 5.32 Å². The number of hydrogen-bond donors (Lipinski definition) is 1. The fourth-order valence-corrected chi connectivity index (χ4v) is 3.02. The van der Waals surface area contributed by atoms with Crippen LogP contribution in [-0.2, 0) is 13.6 Å². The van der Waals surface area contributed by atoms with Crippen molar-refractivity contribution >= 4 is 16.9 Å². The molecular formula is C15H24N6. The lowest BCUT2D eigenvalue weighted by atomic mass is 10.0. The summed E-state index contributed by atoms with van der Waals surface area (Å²) in [5.74, 6) is 3.27. The Morgan fingerprint density at radius 1 is 1.24 bits per heavy atom. The topological polar surface area (TPSA) is 58.9 Å². The molecule has 3 heterocycles. The second kappa shape index (κ2) is 5.60. The summed E-state index contributed by atoms with van der Waals surface area (Å²) in [6, 6.07) is 0. The molecule has 0 amide bonds. The zero-order chi connectivity index (χ0) is 15.0. The van der Waals surface area contributed by atoms with Gasteiger partial charge in [0, 0.05) is 26.7 Å². The monoisotopic (exact) mass is 288 g/mol. The van der Waals surface area contributed by atoms with Gasteiger partial charge in [-0.05, 0) is 18.8 Å². The van der Waals surface area contributed by atoms with Gasteiger partial charge in [0.15, 0.2) is 5.65 Å². The van der Waals surface area contributed by atoms with Crippen molar-refractivity contribution in [3.8, 4) is 0 Å². The molecule has 0 saturated carbocycles. The molecule has 2 atom stereocenters. The van der Waals surface area contributed by atoms with Crippen molar-refractivity contribution in [1.29, 1.82) is 0 Å². The van der Waals surface area contributed by atoms with Crippen molar-refractivity contribution in [2.45, 2.75) is 27.3 Å². The Hall–Kier alpha value is -1.69. The summed E-state index contributed by atoms with van der Waals surface area (Å²) in [4.78, 5) is 11.8. The second-order valence-electron chi connectivity index (χ2n) is 6.17. The highest BCUT2D eigenvalue weighted by atomic mass is 15.3. The van der Waals surface area contributed by atoms with E-state index in [1.165, 1.54) is 0 Å². The minimum absolute atomic E-state index is 0.749. The third-order valence-corrected chi connectivity index (χ3v) is 4.41. The molecule has 1 N–H and O–H groups in total. The normalized spacial score (nSPS) is 23.0. The smallest absolute Gasteiger partial charge is 0.163 e. The van der Waals surface area contributed by atoms with Gasteiger partial charge >= 0.3 is 0 Å². The standard InChI is InChI=1S/C15H24N6/c1-5-16-14-12-6-17-20(4)15(12)19-13(18-14)9-21-7-10(2)11(3)8-21/h6,10-11H,5,7-9H2,1-4H3,(H,16,18,19). The van der Waals surface area contributed by atoms with E-state index in [4.69, 9.17) is 9.97 Å². The van der Waals surface area contributed by atoms with E-state index in [1.807, 2.05) is 17.9 Å². The Kier molecular flexibility index (Phi) is 3.80. The highest BCUT2D eigenvalue weighted by Crippen LogP contribution is 2.24. The van der Waals surface area contributed by atoms with Crippen LogP contribution in [0.5, 0.6) is 0 Å². The van der Waals surface area contributed by atoms with E-state index in [0.29, 0.717) is 0 Å². The van der Waals surface area contributed by atoms with Crippen molar-refractivity contribution in [3.63, 3.8) is 0 Å². The number of nitrogens with zero attached hydrogens (tertiary/aromatic N) is 5. The first-order chi connectivity index (χ1) is 10.1. The highest BCUT2D eigenvalue weighted by Gasteiger charge is 2.26. The molecule has 0 bridgehead atoms. The van der Waals surface area contributed by atoms with Gasteiger partial charge in [0.2, 0.25) is 0 Å². The van der Waals surface area contributed by atoms with Crippen LogP contribution in [-0.4, -0.2) is 44.3 Å². The summed E-state index contributed by atoms with van der Waals surface area (Å²) in [5, 5.41) is 8.61. The largest absolute Gasteiger partial charge is 0.370 e. The Balaban J connectivity index is 1.90. The van der Waals surface area contributed by atoms with Crippen LogP contribution in [0.4, 0.5) is 5.82 Å². The van der Waals surface area contributed by atoms with Crippen molar-refractivity contribution in [2.75, 3.05) is 25.0 Å². The molecule has 1 fully saturated rings. The van der Waals surface area contributed by atoms with Crippen molar-refractivity contribution in [3.05, 3.63) is 12.0 Å². The molecule has 1 aliphatic heterocycles. The summed E-state index contributed by atoms with van der Waals surface area (Å²) >= 11 is 0. The Labute approximate surface area is 125 Å². The van der Waals surface area contributed by atoms with E-state index in [1.54, 1.807) is 0 Å². The molecule has 6 nitrogen and oxygen atoms in total. The summed E-state index contributed by atoms with van der Waals surface area (Å²) in [5.41, 5.74) is 0.899. The van der Waals surface area contributed by atoms with Gasteiger partial charge in [-0.2, -0.15) is 5.10 Å². The van der Waals surface area contributed by atoms with Gasteiger partial charge in [-0.1, -0.05) is 13.8 Å². The van der Waals surface area contributed by atoms with Gasteiger partial charge in [-0.3, -0.25) is 9.58 Å². The quantitative estimate of drug-likeness (QED) is 0.931. The molecule has 0 aromatic carbocycles. The van der Waals surface area contributed by atoms with Crippen LogP contribution < -0.4 is 5.32 Å². The number of likely N-dealkylation sites (tertiary alicyclic amines) is 1. The first kappa shape index (κ1) is 14.3. The Morgan fingerprint density at radius 2 is 1.95 bits per heavy atom. The molecule has 21 heavy (non-hydrogen) atoms. The van der Waals surface area contributed by atoms with Gasteiger partial charge in [0.1, 0.15) is 11.6 Å². The second-order valence-corrected chi connectivity index (χ2v) is 6.17. The fraction of sp³-hybridized carbons (Fsp3) is 0.667. The molecular weight excluding hydrogens is 264 g/mol. The van der Waals surface area contributed by atoms with E-state index in [0.717, 1.165) is 60.7 Å². The molecule has 0 aliphatic carbocycles. The molecule has 6 heteroatoms. The zero-order valence-electron chi connectivity index (χ0n) is 13.3. The average molecular weight is 288 g/mol. The predicted octanol–water partition coefficient (Wildman–Crippen LogP) is 1.88. The van der Waals surface area contributed by atoms with Crippen molar-refractivity contribution < 1.29 is 0 Å². The summed E-state index contributed by atoms with van der Waals surface area (Å²) < 4.78 is 1.82. The summed E-state index contributed by atoms with van der Waals surface area (Å²) in [7, 11) is 1.93. The van der Waals surface area contributed by atoms with Crippen LogP contribution in [0.3, 0.4) is 0 Å². The molecule has 114 valence electrons. The maximum Gasteiger partial charge on any atom is 0.163 e. The van der Waals surface area contributed by atoms with E-state index >= 15 is 0 Å². The van der Waals surface area contributed by atoms with E-state index in [9.17, 15) is 0 Å². The Bertz CT molecular complexity index is 624. The van der Waals surface area contributed by atoms with Gasteiger partial charge in [0.25, 0.3) is 0 Å². The number of fused-ring (bicyclic) bond motifs is 1. The van der Waals surface area contributed by atoms with Crippen LogP contribution in [0.1, 0.15) is 26.6 Å². The maximum atomic E-state index is 4.70. The van der Waals surface area contributed by atoms with E-state index in [2.05, 4.69) is 36.1 Å². The average Bonchev–Trinajstić information content (AvgIpc) is 2.95. The number of aryl methyl sites for hydroxylation is 1. The number of rotatable bonds is 4. The van der Waals surface area contributed by atoms with Crippen LogP contribution in [0.2, 0.25) is 0 Å². The molecule has 2 aromatic rings. The minimum atomic E-state index is 0.749. The van der Waals surface area contributed by atoms with Crippen molar-refractivity contribution in [2.24, 2.45) is 18.9 Å². The van der Waals surface area contributed by atoms with Crippen LogP contribution in [0.25, 0.3) is 11.0 Å². The molecule has 1 saturated heterocycles. The predicted molar refractivity (Wildman–Crippen MR) is 84.1 cm³/mol. The first-order valence-electron chi connectivity index (χ1n) is 7.73. The highest BCUT2D eigenvalue weighted by molar-refractivity contribution is 5.86. The van der Waals surface area contributed by atoms with E-state index < -0.39 is 0 Å². The molecule has 0 radical (unpaired) electrons. The molecule has 1 aliphatic rings. The molecule has 0 spiro atoms. The lowest BCUT2D eigenvalue weighted by molar-refractivity contribution is 0.308. The molecule has 3 rings (SSSR count). The lowest BCUT2D eigenvalue weighted by Gasteiger charge is -2.15. The third-order valence-electron chi connectivity index (χ3n) is 4.41. The van der Waals surface area contributed by atoms with E-state index in [-0.39, 0.29) is 0 Å². The lowest BCUT2D eigenvalue weighted by Crippen LogP contribution is -2.22. The molecule has 2 unspecified atom stereocenters. The molecule has 2 aromatic heterocycles. The number of aromatic nitrogens is 4. The third kappa shape index (κ3) is 2.72. The van der Waals surface area contributed by atoms with Gasteiger partial charge in [-0.25, -0.2) is 9.97 Å². The van der Waals surface area contributed by atoms with Gasteiger partial charge in [0.05, 0.1) is 18.1 Å². The van der Waals surface area contributed by atoms with Gasteiger partial charge in [-0.15, -0.1) is 0 Å². The van der Waals surface area contributed by atoms with Crippen LogP contribution in [0.15, 0.2) is 6.20 Å². The summed E-state index contributed by atoms with van der Waals surface area (Å²) in [6.45, 7) is 10.6. The van der Waals surface area contributed by atoms with Crippen LogP contribution in [0, 0.1) is 11.8 Å². The maximum absolute atomic E-state index is 4.70. The number of anilines is 1. The van der Waals surface area contributed by atoms with Crippen molar-refractivity contribution in [1.82, 2.24) is 24.6 Å².